The molecule has 0 saturated heterocycles. The van der Waals surface area contributed by atoms with Crippen LogP contribution in [0.5, 0.6) is 0 Å². The van der Waals surface area contributed by atoms with Crippen LogP contribution in [0.2, 0.25) is 0 Å². The molecule has 0 aliphatic rings. The van der Waals surface area contributed by atoms with Crippen molar-refractivity contribution in [1.29, 1.82) is 0 Å². The van der Waals surface area contributed by atoms with E-state index in [2.05, 4.69) is 181 Å². The van der Waals surface area contributed by atoms with Crippen LogP contribution >= 0.6 is 0 Å². The highest BCUT2D eigenvalue weighted by atomic mass is 16.3. The van der Waals surface area contributed by atoms with E-state index in [9.17, 15) is 0 Å². The van der Waals surface area contributed by atoms with Crippen LogP contribution in [-0.2, 0) is 0 Å². The molecule has 0 amide bonds. The van der Waals surface area contributed by atoms with Gasteiger partial charge in [0.1, 0.15) is 11.2 Å². The van der Waals surface area contributed by atoms with Crippen molar-refractivity contribution in [3.05, 3.63) is 188 Å². The summed E-state index contributed by atoms with van der Waals surface area (Å²) in [6.45, 7) is 0. The molecule has 0 radical (unpaired) electrons. The second-order valence-corrected chi connectivity index (χ2v) is 12.2. The molecule has 0 bridgehead atoms. The highest BCUT2D eigenvalue weighted by Gasteiger charge is 2.17. The first-order chi connectivity index (χ1) is 23.8. The highest BCUT2D eigenvalue weighted by Crippen LogP contribution is 2.41. The third-order valence-electron chi connectivity index (χ3n) is 9.26. The fourth-order valence-electron chi connectivity index (χ4n) is 6.96. The normalized spacial score (nSPS) is 11.3. The number of benzene rings is 8. The third kappa shape index (κ3) is 4.92. The summed E-state index contributed by atoms with van der Waals surface area (Å²) in [6.07, 6.45) is 0. The lowest BCUT2D eigenvalue weighted by molar-refractivity contribution is 0.670. The van der Waals surface area contributed by atoms with E-state index in [1.54, 1.807) is 0 Å². The molecule has 9 rings (SSSR count). The summed E-state index contributed by atoms with van der Waals surface area (Å²) in [5, 5.41) is 4.76. The molecule has 0 unspecified atom stereocenters. The summed E-state index contributed by atoms with van der Waals surface area (Å²) in [5.74, 6) is 0. The number of hydrogen-bond donors (Lipinski definition) is 0. The molecule has 9 aromatic rings. The topological polar surface area (TPSA) is 16.4 Å². The number of rotatable bonds is 6. The van der Waals surface area contributed by atoms with Crippen molar-refractivity contribution in [2.24, 2.45) is 0 Å². The van der Waals surface area contributed by atoms with Gasteiger partial charge < -0.3 is 9.32 Å². The van der Waals surface area contributed by atoms with Crippen molar-refractivity contribution in [2.45, 2.75) is 0 Å². The van der Waals surface area contributed by atoms with E-state index < -0.39 is 0 Å². The average Bonchev–Trinajstić information content (AvgIpc) is 3.55. The van der Waals surface area contributed by atoms with Crippen molar-refractivity contribution < 1.29 is 4.42 Å². The van der Waals surface area contributed by atoms with Crippen molar-refractivity contribution >= 4 is 49.8 Å². The van der Waals surface area contributed by atoms with Gasteiger partial charge in [0.05, 0.1) is 0 Å². The van der Waals surface area contributed by atoms with Gasteiger partial charge in [-0.25, -0.2) is 0 Å². The van der Waals surface area contributed by atoms with Crippen LogP contribution in [0.15, 0.2) is 192 Å². The molecular formula is C46H31NO. The molecule has 2 heteroatoms. The molecule has 0 saturated carbocycles. The number of hydrogen-bond acceptors (Lipinski definition) is 2. The van der Waals surface area contributed by atoms with Gasteiger partial charge in [0.15, 0.2) is 0 Å². The Kier molecular flexibility index (Phi) is 6.84. The predicted molar refractivity (Wildman–Crippen MR) is 202 cm³/mol. The quantitative estimate of drug-likeness (QED) is 0.185. The summed E-state index contributed by atoms with van der Waals surface area (Å²) >= 11 is 0. The third-order valence-corrected chi connectivity index (χ3v) is 9.26. The Morgan fingerprint density at radius 1 is 0.333 bits per heavy atom. The molecule has 226 valence electrons. The standard InChI is InChI=1S/C46H31NO/c1-2-12-32(13-3-1)35-16-8-18-38(30-35)47(39-19-9-17-36(31-39)41-22-10-15-33-14-4-5-20-40(33)41)37-28-26-34(27-29-37)42-23-11-24-44-43-21-6-7-25-45(43)48-46(42)44/h1-31H. The zero-order valence-electron chi connectivity index (χ0n) is 26.3. The molecule has 0 N–H and O–H groups in total. The van der Waals surface area contributed by atoms with Crippen LogP contribution in [0.4, 0.5) is 17.1 Å². The molecular weight excluding hydrogens is 583 g/mol. The van der Waals surface area contributed by atoms with Gasteiger partial charge in [-0.1, -0.05) is 146 Å². The first-order valence-corrected chi connectivity index (χ1v) is 16.3. The first-order valence-electron chi connectivity index (χ1n) is 16.3. The van der Waals surface area contributed by atoms with Crippen LogP contribution in [0, 0.1) is 0 Å². The van der Waals surface area contributed by atoms with Gasteiger partial charge in [0.2, 0.25) is 0 Å². The summed E-state index contributed by atoms with van der Waals surface area (Å²) in [7, 11) is 0. The minimum Gasteiger partial charge on any atom is -0.455 e. The van der Waals surface area contributed by atoms with Crippen LogP contribution in [0.25, 0.3) is 66.1 Å². The molecule has 0 spiro atoms. The van der Waals surface area contributed by atoms with Crippen molar-refractivity contribution in [2.75, 3.05) is 4.90 Å². The Morgan fingerprint density at radius 3 is 1.75 bits per heavy atom. The lowest BCUT2D eigenvalue weighted by atomic mass is 9.97. The molecule has 0 fully saturated rings. The maximum atomic E-state index is 6.38. The Morgan fingerprint density at radius 2 is 0.917 bits per heavy atom. The van der Waals surface area contributed by atoms with Crippen LogP contribution in [-0.4, -0.2) is 0 Å². The second-order valence-electron chi connectivity index (χ2n) is 12.2. The van der Waals surface area contributed by atoms with E-state index in [1.807, 2.05) is 12.1 Å². The maximum absolute atomic E-state index is 6.38. The molecule has 0 aliphatic carbocycles. The van der Waals surface area contributed by atoms with Crippen LogP contribution in [0.3, 0.4) is 0 Å². The number of nitrogens with zero attached hydrogens (tertiary/aromatic N) is 1. The molecule has 48 heavy (non-hydrogen) atoms. The Bertz CT molecular complexity index is 2560. The van der Waals surface area contributed by atoms with Crippen LogP contribution in [0.1, 0.15) is 0 Å². The van der Waals surface area contributed by atoms with Gasteiger partial charge in [0, 0.05) is 33.4 Å². The lowest BCUT2D eigenvalue weighted by Gasteiger charge is -2.27. The first kappa shape index (κ1) is 27.9. The van der Waals surface area contributed by atoms with E-state index in [0.717, 1.165) is 50.1 Å². The number of anilines is 3. The monoisotopic (exact) mass is 613 g/mol. The zero-order chi connectivity index (χ0) is 31.9. The summed E-state index contributed by atoms with van der Waals surface area (Å²) in [6, 6.07) is 66.9. The minimum absolute atomic E-state index is 0.909. The zero-order valence-corrected chi connectivity index (χ0v) is 26.3. The lowest BCUT2D eigenvalue weighted by Crippen LogP contribution is -2.10. The smallest absolute Gasteiger partial charge is 0.143 e. The molecule has 1 heterocycles. The van der Waals surface area contributed by atoms with Crippen molar-refractivity contribution in [1.82, 2.24) is 0 Å². The SMILES string of the molecule is c1ccc(-c2cccc(N(c3ccc(-c4cccc5c4oc4ccccc45)cc3)c3cccc(-c4cccc5ccccc45)c3)c2)cc1. The molecule has 2 nitrogen and oxygen atoms in total. The summed E-state index contributed by atoms with van der Waals surface area (Å²) < 4.78 is 6.38. The average molecular weight is 614 g/mol. The fourth-order valence-corrected chi connectivity index (χ4v) is 6.96. The highest BCUT2D eigenvalue weighted by molar-refractivity contribution is 6.09. The van der Waals surface area contributed by atoms with Gasteiger partial charge >= 0.3 is 0 Å². The largest absolute Gasteiger partial charge is 0.455 e. The van der Waals surface area contributed by atoms with Gasteiger partial charge in [-0.3, -0.25) is 0 Å². The van der Waals surface area contributed by atoms with E-state index >= 15 is 0 Å². The minimum atomic E-state index is 0.909. The number of furan rings is 1. The Balaban J connectivity index is 1.18. The van der Waals surface area contributed by atoms with Gasteiger partial charge in [0.25, 0.3) is 0 Å². The summed E-state index contributed by atoms with van der Waals surface area (Å²) in [4.78, 5) is 2.35. The van der Waals surface area contributed by atoms with Crippen molar-refractivity contribution in [3.8, 4) is 33.4 Å². The van der Waals surface area contributed by atoms with Crippen LogP contribution < -0.4 is 4.90 Å². The van der Waals surface area contributed by atoms with E-state index in [-0.39, 0.29) is 0 Å². The van der Waals surface area contributed by atoms with Crippen molar-refractivity contribution in [3.63, 3.8) is 0 Å². The Hall–Kier alpha value is -6.38. The number of para-hydroxylation sites is 2. The fraction of sp³-hybridized carbons (Fsp3) is 0. The molecule has 0 atom stereocenters. The van der Waals surface area contributed by atoms with Gasteiger partial charge in [-0.15, -0.1) is 0 Å². The molecule has 1 aromatic heterocycles. The summed E-state index contributed by atoms with van der Waals surface area (Å²) in [5.41, 5.74) is 12.1. The van der Waals surface area contributed by atoms with Gasteiger partial charge in [-0.05, 0) is 81.1 Å². The van der Waals surface area contributed by atoms with E-state index in [4.69, 9.17) is 4.42 Å². The van der Waals surface area contributed by atoms with E-state index in [1.165, 1.54) is 33.0 Å². The second kappa shape index (κ2) is 11.8. The molecule has 0 aliphatic heterocycles. The predicted octanol–water partition coefficient (Wildman–Crippen LogP) is 13.2. The Labute approximate surface area is 279 Å². The van der Waals surface area contributed by atoms with E-state index in [0.29, 0.717) is 0 Å². The maximum Gasteiger partial charge on any atom is 0.143 e. The number of fused-ring (bicyclic) bond motifs is 4. The van der Waals surface area contributed by atoms with Gasteiger partial charge in [-0.2, -0.15) is 0 Å². The molecule has 8 aromatic carbocycles.